The largest absolute Gasteiger partial charge is 0.383 e. The van der Waals surface area contributed by atoms with Crippen LogP contribution < -0.4 is 0 Å². The quantitative estimate of drug-likeness (QED) is 0.607. The number of benzene rings is 1. The fourth-order valence-corrected chi connectivity index (χ4v) is 5.24. The van der Waals surface area contributed by atoms with Gasteiger partial charge in [-0.2, -0.15) is 0 Å². The first-order valence-corrected chi connectivity index (χ1v) is 11.5. The molecule has 33 heavy (non-hydrogen) atoms. The van der Waals surface area contributed by atoms with E-state index >= 15 is 0 Å². The highest BCUT2D eigenvalue weighted by Gasteiger charge is 2.54. The summed E-state index contributed by atoms with van der Waals surface area (Å²) in [7, 11) is 1.64. The predicted molar refractivity (Wildman–Crippen MR) is 123 cm³/mol. The van der Waals surface area contributed by atoms with E-state index in [-0.39, 0.29) is 43.1 Å². The zero-order valence-electron chi connectivity index (χ0n) is 19.3. The Morgan fingerprint density at radius 3 is 2.64 bits per heavy atom. The maximum Gasteiger partial charge on any atom is 0.241 e. The summed E-state index contributed by atoms with van der Waals surface area (Å²) in [6.45, 7) is 3.24. The average Bonchev–Trinajstić information content (AvgIpc) is 3.05. The maximum absolute atomic E-state index is 13.9. The molecule has 0 spiro atoms. The van der Waals surface area contributed by atoms with Crippen LogP contribution in [0.1, 0.15) is 48.8 Å². The molecule has 3 heterocycles. The highest BCUT2D eigenvalue weighted by Crippen LogP contribution is 2.42. The smallest absolute Gasteiger partial charge is 0.241 e. The van der Waals surface area contributed by atoms with Gasteiger partial charge in [0.15, 0.2) is 0 Å². The van der Waals surface area contributed by atoms with Crippen LogP contribution in [0.4, 0.5) is 0 Å². The molecule has 3 amide bonds. The number of aromatic nitrogens is 1. The van der Waals surface area contributed by atoms with Gasteiger partial charge >= 0.3 is 0 Å². The third-order valence-electron chi connectivity index (χ3n) is 6.92. The van der Waals surface area contributed by atoms with Crippen molar-refractivity contribution in [2.24, 2.45) is 0 Å². The van der Waals surface area contributed by atoms with Crippen LogP contribution in [0.2, 0.25) is 0 Å². The normalized spacial score (nSPS) is 23.3. The van der Waals surface area contributed by atoms with Crippen LogP contribution in [0.25, 0.3) is 0 Å². The van der Waals surface area contributed by atoms with E-state index in [1.165, 1.54) is 4.90 Å². The summed E-state index contributed by atoms with van der Waals surface area (Å²) < 4.78 is 5.35. The van der Waals surface area contributed by atoms with Crippen molar-refractivity contribution in [3.8, 4) is 0 Å². The molecule has 174 valence electrons. The van der Waals surface area contributed by atoms with Gasteiger partial charge in [0, 0.05) is 38.9 Å². The van der Waals surface area contributed by atoms with E-state index in [1.54, 1.807) is 31.6 Å². The number of carbonyl (C=O) groups excluding carboxylic acids is 3. The van der Waals surface area contributed by atoms with Gasteiger partial charge in [-0.3, -0.25) is 24.3 Å². The van der Waals surface area contributed by atoms with Crippen LogP contribution in [-0.2, 0) is 31.1 Å². The van der Waals surface area contributed by atoms with Crippen LogP contribution in [0.3, 0.4) is 0 Å². The Labute approximate surface area is 194 Å². The predicted octanol–water partition coefficient (Wildman–Crippen LogP) is 3.00. The molecule has 7 heteroatoms. The van der Waals surface area contributed by atoms with E-state index in [0.717, 1.165) is 36.0 Å². The van der Waals surface area contributed by atoms with E-state index in [9.17, 15) is 14.4 Å². The number of amides is 3. The van der Waals surface area contributed by atoms with Gasteiger partial charge < -0.3 is 9.64 Å². The number of pyridine rings is 1. The summed E-state index contributed by atoms with van der Waals surface area (Å²) in [5.74, 6) is -0.640. The number of nitrogens with zero attached hydrogens (tertiary/aromatic N) is 3. The van der Waals surface area contributed by atoms with Crippen LogP contribution in [-0.4, -0.2) is 58.8 Å². The third-order valence-corrected chi connectivity index (χ3v) is 6.92. The first kappa shape index (κ1) is 23.1. The molecule has 4 rings (SSSR count). The molecule has 0 aliphatic carbocycles. The van der Waals surface area contributed by atoms with Crippen LogP contribution >= 0.6 is 0 Å². The standard InChI is InChI=1S/C26H31N3O4/c1-19-7-3-4-9-22(19)26(15-23(30)28-14-6-5-8-21(28)18-33-2)16-24(31)29(25(26)32)17-20-10-12-27-13-11-20/h3-4,7,9-13,21H,5-6,8,14-18H2,1-2H3. The van der Waals surface area contributed by atoms with Gasteiger partial charge in [-0.25, -0.2) is 0 Å². The van der Waals surface area contributed by atoms with Crippen molar-refractivity contribution in [1.29, 1.82) is 0 Å². The van der Waals surface area contributed by atoms with Crippen molar-refractivity contribution in [2.75, 3.05) is 20.3 Å². The second-order valence-corrected chi connectivity index (χ2v) is 9.08. The third kappa shape index (κ3) is 4.55. The first-order chi connectivity index (χ1) is 16.0. The number of hydrogen-bond donors (Lipinski definition) is 0. The number of hydrogen-bond acceptors (Lipinski definition) is 5. The summed E-state index contributed by atoms with van der Waals surface area (Å²) in [5, 5.41) is 0. The van der Waals surface area contributed by atoms with Crippen LogP contribution in [0.15, 0.2) is 48.8 Å². The number of ether oxygens (including phenoxy) is 1. The zero-order chi connectivity index (χ0) is 23.4. The van der Waals surface area contributed by atoms with Crippen molar-refractivity contribution in [3.05, 3.63) is 65.5 Å². The Hall–Kier alpha value is -3.06. The summed E-state index contributed by atoms with van der Waals surface area (Å²) >= 11 is 0. The maximum atomic E-state index is 13.9. The van der Waals surface area contributed by atoms with Gasteiger partial charge in [-0.15, -0.1) is 0 Å². The van der Waals surface area contributed by atoms with Gasteiger partial charge in [-0.05, 0) is 55.0 Å². The van der Waals surface area contributed by atoms with E-state index in [2.05, 4.69) is 4.98 Å². The molecule has 2 saturated heterocycles. The molecule has 2 fully saturated rings. The molecule has 0 saturated carbocycles. The van der Waals surface area contributed by atoms with E-state index in [0.29, 0.717) is 13.2 Å². The molecular weight excluding hydrogens is 418 g/mol. The highest BCUT2D eigenvalue weighted by atomic mass is 16.5. The zero-order valence-corrected chi connectivity index (χ0v) is 19.3. The van der Waals surface area contributed by atoms with Gasteiger partial charge in [0.05, 0.1) is 24.6 Å². The summed E-state index contributed by atoms with van der Waals surface area (Å²) in [6, 6.07) is 11.2. The Balaban J connectivity index is 1.68. The molecule has 0 N–H and O–H groups in total. The lowest BCUT2D eigenvalue weighted by Gasteiger charge is -2.38. The lowest BCUT2D eigenvalue weighted by atomic mass is 9.73. The molecule has 2 atom stereocenters. The summed E-state index contributed by atoms with van der Waals surface area (Å²) in [4.78, 5) is 47.9. The SMILES string of the molecule is COCC1CCCCN1C(=O)CC1(c2ccccc2C)CC(=O)N(Cc2ccncc2)C1=O. The van der Waals surface area contributed by atoms with Crippen molar-refractivity contribution in [2.45, 2.75) is 57.0 Å². The average molecular weight is 450 g/mol. The van der Waals surface area contributed by atoms with E-state index in [1.807, 2.05) is 36.1 Å². The highest BCUT2D eigenvalue weighted by molar-refractivity contribution is 6.10. The molecule has 2 aromatic rings. The second kappa shape index (κ2) is 9.83. The van der Waals surface area contributed by atoms with Crippen molar-refractivity contribution >= 4 is 17.7 Å². The minimum atomic E-state index is -1.19. The number of carbonyl (C=O) groups is 3. The van der Waals surface area contributed by atoms with Crippen LogP contribution in [0.5, 0.6) is 0 Å². The molecule has 0 radical (unpaired) electrons. The number of methoxy groups -OCH3 is 1. The number of imide groups is 1. The Morgan fingerprint density at radius 2 is 1.91 bits per heavy atom. The Morgan fingerprint density at radius 1 is 1.15 bits per heavy atom. The molecular formula is C26H31N3O4. The van der Waals surface area contributed by atoms with Crippen molar-refractivity contribution < 1.29 is 19.1 Å². The van der Waals surface area contributed by atoms with Gasteiger partial charge in [0.2, 0.25) is 17.7 Å². The second-order valence-electron chi connectivity index (χ2n) is 9.08. The fraction of sp³-hybridized carbons (Fsp3) is 0.462. The van der Waals surface area contributed by atoms with E-state index in [4.69, 9.17) is 4.74 Å². The number of piperidine rings is 1. The van der Waals surface area contributed by atoms with Gasteiger partial charge in [-0.1, -0.05) is 24.3 Å². The number of rotatable bonds is 7. The first-order valence-electron chi connectivity index (χ1n) is 11.5. The minimum absolute atomic E-state index is 0.00368. The number of likely N-dealkylation sites (tertiary alicyclic amines) is 2. The fourth-order valence-electron chi connectivity index (χ4n) is 5.24. The van der Waals surface area contributed by atoms with Gasteiger partial charge in [0.1, 0.15) is 0 Å². The molecule has 2 aliphatic rings. The summed E-state index contributed by atoms with van der Waals surface area (Å²) in [6.07, 6.45) is 6.14. The lowest BCUT2D eigenvalue weighted by molar-refractivity contribution is -0.144. The molecule has 1 aromatic heterocycles. The minimum Gasteiger partial charge on any atom is -0.383 e. The summed E-state index contributed by atoms with van der Waals surface area (Å²) in [5.41, 5.74) is 1.30. The Kier molecular flexibility index (Phi) is 6.88. The van der Waals surface area contributed by atoms with Crippen molar-refractivity contribution in [1.82, 2.24) is 14.8 Å². The molecule has 1 aromatic carbocycles. The van der Waals surface area contributed by atoms with Gasteiger partial charge in [0.25, 0.3) is 0 Å². The van der Waals surface area contributed by atoms with Crippen molar-refractivity contribution in [3.63, 3.8) is 0 Å². The molecule has 2 aliphatic heterocycles. The Bertz CT molecular complexity index is 1020. The molecule has 0 bridgehead atoms. The monoisotopic (exact) mass is 449 g/mol. The molecule has 7 nitrogen and oxygen atoms in total. The number of aryl methyl sites for hydroxylation is 1. The topological polar surface area (TPSA) is 79.8 Å². The van der Waals surface area contributed by atoms with E-state index < -0.39 is 5.41 Å². The lowest BCUT2D eigenvalue weighted by Crippen LogP contribution is -2.49. The van der Waals surface area contributed by atoms with Crippen LogP contribution in [0, 0.1) is 6.92 Å². The molecule has 2 unspecified atom stereocenters.